The van der Waals surface area contributed by atoms with Crippen molar-refractivity contribution in [3.63, 3.8) is 0 Å². The highest BCUT2D eigenvalue weighted by Crippen LogP contribution is 2.29. The van der Waals surface area contributed by atoms with E-state index in [1.165, 1.54) is 0 Å². The van der Waals surface area contributed by atoms with Crippen LogP contribution in [0.5, 0.6) is 0 Å². The fourth-order valence-corrected chi connectivity index (χ4v) is 4.05. The Balaban J connectivity index is 1.64. The second-order valence-corrected chi connectivity index (χ2v) is 7.38. The summed E-state index contributed by atoms with van der Waals surface area (Å²) in [6, 6.07) is 7.22. The number of benzene rings is 1. The van der Waals surface area contributed by atoms with Gasteiger partial charge in [0.2, 0.25) is 5.91 Å². The highest BCUT2D eigenvalue weighted by molar-refractivity contribution is 5.89. The molecule has 0 radical (unpaired) electrons. The summed E-state index contributed by atoms with van der Waals surface area (Å²) >= 11 is 0. The Morgan fingerprint density at radius 1 is 1.04 bits per heavy atom. The molecule has 1 aromatic carbocycles. The molecule has 2 aliphatic rings. The average molecular weight is 367 g/mol. The predicted molar refractivity (Wildman–Crippen MR) is 99.9 cm³/mol. The second-order valence-electron chi connectivity index (χ2n) is 7.38. The molecule has 7 heteroatoms. The van der Waals surface area contributed by atoms with E-state index in [1.54, 1.807) is 4.90 Å². The fourth-order valence-electron chi connectivity index (χ4n) is 4.05. The predicted octanol–water partition coefficient (Wildman–Crippen LogP) is 1.64. The van der Waals surface area contributed by atoms with Gasteiger partial charge in [0, 0.05) is 26.2 Å². The Labute approximate surface area is 159 Å². The number of rotatable bonds is 3. The van der Waals surface area contributed by atoms with Crippen LogP contribution in [0.15, 0.2) is 24.3 Å². The van der Waals surface area contributed by atoms with E-state index >= 15 is 0 Å². The SMILES string of the molecule is Cc1ccccc1CC(=O)N1CCn2c(C)nnc2C1C(=O)N1CCCC1. The minimum Gasteiger partial charge on any atom is -0.340 e. The third-order valence-corrected chi connectivity index (χ3v) is 5.66. The number of likely N-dealkylation sites (tertiary alicyclic amines) is 1. The number of aryl methyl sites for hydroxylation is 2. The number of aromatic nitrogens is 3. The standard InChI is InChI=1S/C20H25N5O2/c1-14-7-3-4-8-16(14)13-17(26)25-12-11-24-15(2)21-22-19(24)18(25)20(27)23-9-5-6-10-23/h3-4,7-8,18H,5-6,9-13H2,1-2H3. The normalized spacial score (nSPS) is 19.3. The van der Waals surface area contributed by atoms with Gasteiger partial charge in [0.1, 0.15) is 5.82 Å². The number of hydrogen-bond donors (Lipinski definition) is 0. The molecule has 4 rings (SSSR count). The average Bonchev–Trinajstić information content (AvgIpc) is 3.33. The van der Waals surface area contributed by atoms with Gasteiger partial charge in [-0.2, -0.15) is 0 Å². The molecular weight excluding hydrogens is 342 g/mol. The summed E-state index contributed by atoms with van der Waals surface area (Å²) in [5, 5.41) is 8.41. The van der Waals surface area contributed by atoms with Crippen molar-refractivity contribution in [2.24, 2.45) is 0 Å². The van der Waals surface area contributed by atoms with Crippen LogP contribution in [0.25, 0.3) is 0 Å². The van der Waals surface area contributed by atoms with Crippen molar-refractivity contribution < 1.29 is 9.59 Å². The molecule has 2 amide bonds. The van der Waals surface area contributed by atoms with Crippen LogP contribution >= 0.6 is 0 Å². The maximum absolute atomic E-state index is 13.3. The topological polar surface area (TPSA) is 71.3 Å². The molecule has 3 heterocycles. The maximum atomic E-state index is 13.3. The first kappa shape index (κ1) is 17.7. The number of nitrogens with zero attached hydrogens (tertiary/aromatic N) is 5. The van der Waals surface area contributed by atoms with Crippen LogP contribution in [0.2, 0.25) is 0 Å². The quantitative estimate of drug-likeness (QED) is 0.827. The third-order valence-electron chi connectivity index (χ3n) is 5.66. The van der Waals surface area contributed by atoms with Crippen LogP contribution in [-0.2, 0) is 22.6 Å². The Morgan fingerprint density at radius 3 is 2.52 bits per heavy atom. The Hall–Kier alpha value is -2.70. The van der Waals surface area contributed by atoms with Crippen molar-refractivity contribution in [2.75, 3.05) is 19.6 Å². The Morgan fingerprint density at radius 2 is 1.78 bits per heavy atom. The smallest absolute Gasteiger partial charge is 0.253 e. The van der Waals surface area contributed by atoms with Gasteiger partial charge in [-0.15, -0.1) is 10.2 Å². The largest absolute Gasteiger partial charge is 0.340 e. The van der Waals surface area contributed by atoms with Crippen LogP contribution < -0.4 is 0 Å². The number of hydrogen-bond acceptors (Lipinski definition) is 4. The molecule has 1 fully saturated rings. The van der Waals surface area contributed by atoms with Crippen LogP contribution in [0, 0.1) is 13.8 Å². The molecule has 1 aromatic heterocycles. The molecule has 0 aliphatic carbocycles. The molecule has 1 atom stereocenters. The lowest BCUT2D eigenvalue weighted by molar-refractivity contribution is -0.147. The van der Waals surface area contributed by atoms with Crippen LogP contribution in [0.3, 0.4) is 0 Å². The summed E-state index contributed by atoms with van der Waals surface area (Å²) in [6.07, 6.45) is 2.33. The van der Waals surface area contributed by atoms with Gasteiger partial charge in [-0.25, -0.2) is 0 Å². The van der Waals surface area contributed by atoms with Crippen molar-refractivity contribution in [1.82, 2.24) is 24.6 Å². The number of fused-ring (bicyclic) bond motifs is 1. The van der Waals surface area contributed by atoms with Crippen molar-refractivity contribution in [2.45, 2.75) is 45.7 Å². The van der Waals surface area contributed by atoms with Gasteiger partial charge in [-0.1, -0.05) is 24.3 Å². The van der Waals surface area contributed by atoms with Gasteiger partial charge in [0.25, 0.3) is 5.91 Å². The molecule has 0 saturated carbocycles. The summed E-state index contributed by atoms with van der Waals surface area (Å²) in [4.78, 5) is 30.0. The van der Waals surface area contributed by atoms with Crippen molar-refractivity contribution in [1.29, 1.82) is 0 Å². The lowest BCUT2D eigenvalue weighted by Gasteiger charge is -2.36. The second kappa shape index (κ2) is 7.13. The summed E-state index contributed by atoms with van der Waals surface area (Å²) in [6.45, 7) is 6.52. The van der Waals surface area contributed by atoms with Gasteiger partial charge in [-0.3, -0.25) is 9.59 Å². The van der Waals surface area contributed by atoms with E-state index in [4.69, 9.17) is 0 Å². The van der Waals surface area contributed by atoms with E-state index in [2.05, 4.69) is 10.2 Å². The summed E-state index contributed by atoms with van der Waals surface area (Å²) in [5.74, 6) is 1.32. The van der Waals surface area contributed by atoms with Gasteiger partial charge in [0.15, 0.2) is 11.9 Å². The number of amides is 2. The Bertz CT molecular complexity index is 869. The molecule has 2 aromatic rings. The minimum atomic E-state index is -0.672. The molecule has 1 saturated heterocycles. The fraction of sp³-hybridized carbons (Fsp3) is 0.500. The van der Waals surface area contributed by atoms with E-state index in [1.807, 2.05) is 47.6 Å². The van der Waals surface area contributed by atoms with E-state index in [0.717, 1.165) is 42.9 Å². The first-order valence-electron chi connectivity index (χ1n) is 9.58. The van der Waals surface area contributed by atoms with Crippen molar-refractivity contribution >= 4 is 11.8 Å². The lowest BCUT2D eigenvalue weighted by atomic mass is 10.0. The molecule has 0 spiro atoms. The Kier molecular flexibility index (Phi) is 4.68. The first-order chi connectivity index (χ1) is 13.1. The first-order valence-corrected chi connectivity index (χ1v) is 9.58. The molecule has 142 valence electrons. The van der Waals surface area contributed by atoms with Gasteiger partial charge in [0.05, 0.1) is 6.42 Å². The van der Waals surface area contributed by atoms with Crippen molar-refractivity contribution in [3.05, 3.63) is 47.0 Å². The number of carbonyl (C=O) groups excluding carboxylic acids is 2. The van der Waals surface area contributed by atoms with Crippen LogP contribution in [-0.4, -0.2) is 56.0 Å². The van der Waals surface area contributed by atoms with E-state index < -0.39 is 6.04 Å². The zero-order chi connectivity index (χ0) is 19.0. The zero-order valence-corrected chi connectivity index (χ0v) is 15.9. The highest BCUT2D eigenvalue weighted by Gasteiger charge is 2.41. The zero-order valence-electron chi connectivity index (χ0n) is 15.9. The van der Waals surface area contributed by atoms with E-state index in [9.17, 15) is 9.59 Å². The molecular formula is C20H25N5O2. The molecule has 0 bridgehead atoms. The monoisotopic (exact) mass is 367 g/mol. The van der Waals surface area contributed by atoms with Gasteiger partial charge < -0.3 is 14.4 Å². The molecule has 2 aliphatic heterocycles. The van der Waals surface area contributed by atoms with Crippen LogP contribution in [0.1, 0.15) is 41.7 Å². The minimum absolute atomic E-state index is 0.0287. The number of carbonyl (C=O) groups is 2. The van der Waals surface area contributed by atoms with Crippen LogP contribution in [0.4, 0.5) is 0 Å². The molecule has 1 unspecified atom stereocenters. The lowest BCUT2D eigenvalue weighted by Crippen LogP contribution is -2.50. The van der Waals surface area contributed by atoms with E-state index in [0.29, 0.717) is 25.3 Å². The summed E-state index contributed by atoms with van der Waals surface area (Å²) < 4.78 is 1.97. The molecule has 0 N–H and O–H groups in total. The molecule has 27 heavy (non-hydrogen) atoms. The van der Waals surface area contributed by atoms with Gasteiger partial charge >= 0.3 is 0 Å². The highest BCUT2D eigenvalue weighted by atomic mass is 16.2. The van der Waals surface area contributed by atoms with E-state index in [-0.39, 0.29) is 11.8 Å². The van der Waals surface area contributed by atoms with Gasteiger partial charge in [-0.05, 0) is 37.8 Å². The summed E-state index contributed by atoms with van der Waals surface area (Å²) in [5.41, 5.74) is 2.09. The van der Waals surface area contributed by atoms with Crippen molar-refractivity contribution in [3.8, 4) is 0 Å². The summed E-state index contributed by atoms with van der Waals surface area (Å²) in [7, 11) is 0. The molecule has 7 nitrogen and oxygen atoms in total. The third kappa shape index (κ3) is 3.22. The maximum Gasteiger partial charge on any atom is 0.253 e.